The molecule has 0 radical (unpaired) electrons. The quantitative estimate of drug-likeness (QED) is 0.483. The summed E-state index contributed by atoms with van der Waals surface area (Å²) in [5.74, 6) is -0.779. The average Bonchev–Trinajstić information content (AvgIpc) is 2.15. The number of hydrogen-bond donors (Lipinski definition) is 3. The topological polar surface area (TPSA) is 78.4 Å². The first kappa shape index (κ1) is 12.9. The lowest BCUT2D eigenvalue weighted by Gasteiger charge is -2.02. The number of carboxylic acid groups (broad SMARTS) is 1. The first-order valence-corrected chi connectivity index (χ1v) is 4.80. The van der Waals surface area contributed by atoms with Crippen LogP contribution in [0.15, 0.2) is 0 Å². The van der Waals surface area contributed by atoms with Crippen molar-refractivity contribution in [2.75, 3.05) is 20.1 Å². The Morgan fingerprint density at radius 1 is 1.21 bits per heavy atom. The Kier molecular flexibility index (Phi) is 7.83. The van der Waals surface area contributed by atoms with Gasteiger partial charge >= 0.3 is 5.97 Å². The van der Waals surface area contributed by atoms with Gasteiger partial charge in [-0.1, -0.05) is 6.42 Å². The molecule has 0 spiro atoms. The maximum atomic E-state index is 10.7. The molecule has 0 unspecified atom stereocenters. The number of carbonyl (C=O) groups excluding carboxylic acids is 1. The van der Waals surface area contributed by atoms with Crippen LogP contribution in [0.5, 0.6) is 0 Å². The Morgan fingerprint density at radius 2 is 1.93 bits per heavy atom. The van der Waals surface area contributed by atoms with Crippen molar-refractivity contribution in [3.05, 3.63) is 0 Å². The molecule has 0 saturated carbocycles. The fraction of sp³-hybridized carbons (Fsp3) is 0.778. The smallest absolute Gasteiger partial charge is 0.303 e. The van der Waals surface area contributed by atoms with Crippen molar-refractivity contribution >= 4 is 11.9 Å². The molecule has 0 saturated heterocycles. The summed E-state index contributed by atoms with van der Waals surface area (Å²) in [6.45, 7) is 1.09. The standard InChI is InChI=1S/C9H18N2O3/c1-10-8(12)7-11-6-4-2-3-5-9(13)14/h11H,2-7H2,1H3,(H,10,12)(H,13,14). The Morgan fingerprint density at radius 3 is 2.50 bits per heavy atom. The summed E-state index contributed by atoms with van der Waals surface area (Å²) in [4.78, 5) is 20.9. The molecule has 0 aliphatic heterocycles. The molecule has 0 heterocycles. The highest BCUT2D eigenvalue weighted by atomic mass is 16.4. The van der Waals surface area contributed by atoms with Crippen LogP contribution in [0.2, 0.25) is 0 Å². The fourth-order valence-corrected chi connectivity index (χ4v) is 0.993. The number of amides is 1. The Labute approximate surface area is 83.9 Å². The van der Waals surface area contributed by atoms with Crippen molar-refractivity contribution in [3.63, 3.8) is 0 Å². The van der Waals surface area contributed by atoms with Crippen molar-refractivity contribution in [1.82, 2.24) is 10.6 Å². The van der Waals surface area contributed by atoms with Gasteiger partial charge in [-0.15, -0.1) is 0 Å². The van der Waals surface area contributed by atoms with Gasteiger partial charge < -0.3 is 15.7 Å². The minimum absolute atomic E-state index is 0.0319. The SMILES string of the molecule is CNC(=O)CNCCCCCC(=O)O. The zero-order valence-corrected chi connectivity index (χ0v) is 8.51. The summed E-state index contributed by atoms with van der Waals surface area (Å²) < 4.78 is 0. The van der Waals surface area contributed by atoms with Crippen molar-refractivity contribution in [3.8, 4) is 0 Å². The summed E-state index contributed by atoms with van der Waals surface area (Å²) in [5, 5.41) is 13.8. The van der Waals surface area contributed by atoms with Gasteiger partial charge in [-0.2, -0.15) is 0 Å². The molecule has 0 aromatic carbocycles. The molecule has 0 atom stereocenters. The van der Waals surface area contributed by atoms with E-state index in [0.717, 1.165) is 19.4 Å². The van der Waals surface area contributed by atoms with Crippen molar-refractivity contribution in [2.45, 2.75) is 25.7 Å². The fourth-order valence-electron chi connectivity index (χ4n) is 0.993. The highest BCUT2D eigenvalue weighted by Crippen LogP contribution is 1.98. The average molecular weight is 202 g/mol. The lowest BCUT2D eigenvalue weighted by atomic mass is 10.2. The third kappa shape index (κ3) is 8.99. The van der Waals surface area contributed by atoms with Crippen molar-refractivity contribution in [2.24, 2.45) is 0 Å². The van der Waals surface area contributed by atoms with E-state index in [9.17, 15) is 9.59 Å². The second-order valence-electron chi connectivity index (χ2n) is 3.05. The summed E-state index contributed by atoms with van der Waals surface area (Å²) in [7, 11) is 1.59. The lowest BCUT2D eigenvalue weighted by Crippen LogP contribution is -2.31. The van der Waals surface area contributed by atoms with Gasteiger partial charge in [-0.05, 0) is 19.4 Å². The third-order valence-corrected chi connectivity index (χ3v) is 1.81. The van der Waals surface area contributed by atoms with E-state index in [2.05, 4.69) is 10.6 Å². The van der Waals surface area contributed by atoms with Crippen LogP contribution in [0, 0.1) is 0 Å². The van der Waals surface area contributed by atoms with Gasteiger partial charge in [0.1, 0.15) is 0 Å². The van der Waals surface area contributed by atoms with Crippen LogP contribution in [0.25, 0.3) is 0 Å². The predicted octanol–water partition coefficient (Wildman–Crippen LogP) is -0.0330. The number of rotatable bonds is 8. The maximum Gasteiger partial charge on any atom is 0.303 e. The van der Waals surface area contributed by atoms with Gasteiger partial charge in [-0.3, -0.25) is 9.59 Å². The van der Waals surface area contributed by atoms with E-state index >= 15 is 0 Å². The summed E-state index contributed by atoms with van der Waals surface area (Å²) in [6, 6.07) is 0. The Bertz CT molecular complexity index is 183. The van der Waals surface area contributed by atoms with E-state index in [0.29, 0.717) is 13.0 Å². The molecule has 3 N–H and O–H groups in total. The second-order valence-corrected chi connectivity index (χ2v) is 3.05. The monoisotopic (exact) mass is 202 g/mol. The molecule has 5 nitrogen and oxygen atoms in total. The van der Waals surface area contributed by atoms with Crippen molar-refractivity contribution < 1.29 is 14.7 Å². The van der Waals surface area contributed by atoms with Crippen molar-refractivity contribution in [1.29, 1.82) is 0 Å². The molecule has 0 aliphatic carbocycles. The summed E-state index contributed by atoms with van der Waals surface area (Å²) in [5.41, 5.74) is 0. The molecular formula is C9H18N2O3. The largest absolute Gasteiger partial charge is 0.481 e. The minimum Gasteiger partial charge on any atom is -0.481 e. The van der Waals surface area contributed by atoms with Crippen LogP contribution in [-0.2, 0) is 9.59 Å². The van der Waals surface area contributed by atoms with Crippen LogP contribution < -0.4 is 10.6 Å². The van der Waals surface area contributed by atoms with Crippen LogP contribution in [-0.4, -0.2) is 37.1 Å². The van der Waals surface area contributed by atoms with E-state index in [4.69, 9.17) is 5.11 Å². The summed E-state index contributed by atoms with van der Waals surface area (Å²) >= 11 is 0. The highest BCUT2D eigenvalue weighted by molar-refractivity contribution is 5.77. The molecule has 0 aromatic heterocycles. The van der Waals surface area contributed by atoms with E-state index in [-0.39, 0.29) is 12.3 Å². The van der Waals surface area contributed by atoms with Gasteiger partial charge in [0.15, 0.2) is 0 Å². The Balaban J connectivity index is 3.06. The number of hydrogen-bond acceptors (Lipinski definition) is 3. The Hall–Kier alpha value is -1.10. The van der Waals surface area contributed by atoms with Crippen LogP contribution in [0.3, 0.4) is 0 Å². The zero-order valence-electron chi connectivity index (χ0n) is 8.51. The zero-order chi connectivity index (χ0) is 10.8. The first-order valence-electron chi connectivity index (χ1n) is 4.80. The minimum atomic E-state index is -0.747. The molecule has 82 valence electrons. The normalized spacial score (nSPS) is 9.79. The molecule has 0 aromatic rings. The molecule has 0 aliphatic rings. The van der Waals surface area contributed by atoms with Crippen LogP contribution >= 0.6 is 0 Å². The molecule has 14 heavy (non-hydrogen) atoms. The third-order valence-electron chi connectivity index (χ3n) is 1.81. The first-order chi connectivity index (χ1) is 6.66. The molecule has 1 amide bonds. The number of carboxylic acids is 1. The second kappa shape index (κ2) is 8.50. The number of carbonyl (C=O) groups is 2. The molecule has 0 fully saturated rings. The molecule has 0 rings (SSSR count). The number of nitrogens with one attached hydrogen (secondary N) is 2. The van der Waals surface area contributed by atoms with Crippen LogP contribution in [0.1, 0.15) is 25.7 Å². The number of aliphatic carboxylic acids is 1. The van der Waals surface area contributed by atoms with Gasteiger partial charge in [-0.25, -0.2) is 0 Å². The van der Waals surface area contributed by atoms with Crippen LogP contribution in [0.4, 0.5) is 0 Å². The van der Waals surface area contributed by atoms with E-state index in [1.165, 1.54) is 0 Å². The molecular weight excluding hydrogens is 184 g/mol. The van der Waals surface area contributed by atoms with Gasteiger partial charge in [0, 0.05) is 13.5 Å². The number of unbranched alkanes of at least 4 members (excludes halogenated alkanes) is 2. The highest BCUT2D eigenvalue weighted by Gasteiger charge is 1.97. The van der Waals surface area contributed by atoms with Gasteiger partial charge in [0.05, 0.1) is 6.54 Å². The van der Waals surface area contributed by atoms with Gasteiger partial charge in [0.25, 0.3) is 0 Å². The molecule has 5 heteroatoms. The van der Waals surface area contributed by atoms with E-state index in [1.807, 2.05) is 0 Å². The lowest BCUT2D eigenvalue weighted by molar-refractivity contribution is -0.137. The predicted molar refractivity (Wildman–Crippen MR) is 53.0 cm³/mol. The summed E-state index contributed by atoms with van der Waals surface area (Å²) in [6.07, 6.45) is 2.73. The van der Waals surface area contributed by atoms with E-state index in [1.54, 1.807) is 7.05 Å². The van der Waals surface area contributed by atoms with E-state index < -0.39 is 5.97 Å². The number of likely N-dealkylation sites (N-methyl/N-ethyl adjacent to an activating group) is 1. The molecule has 0 bridgehead atoms. The maximum absolute atomic E-state index is 10.7. The van der Waals surface area contributed by atoms with Gasteiger partial charge in [0.2, 0.25) is 5.91 Å².